The van der Waals surface area contributed by atoms with E-state index in [0.29, 0.717) is 18.6 Å². The standard InChI is InChI=1S/C26H41NO5S/c1-18(2)9-7-10-19(3)11-8-12-20(4)15-16-33-17-23(26(31)32)27-24(28)21-13-5-6-14-22(21)25(29)30/h9,11,15,21-23H,5-8,10,12-14,16-17H2,1-4H3,(H,27,28)(H,29,30)(H,31,32)/t21-,22+,23+/m1/s1. The van der Waals surface area contributed by atoms with E-state index in [1.807, 2.05) is 0 Å². The summed E-state index contributed by atoms with van der Waals surface area (Å²) in [5.41, 5.74) is 4.01. The maximum Gasteiger partial charge on any atom is 0.327 e. The summed E-state index contributed by atoms with van der Waals surface area (Å²) in [6.07, 6.45) is 13.3. The van der Waals surface area contributed by atoms with Crippen LogP contribution in [0.5, 0.6) is 0 Å². The van der Waals surface area contributed by atoms with Crippen LogP contribution in [-0.2, 0) is 14.4 Å². The molecule has 0 aromatic carbocycles. The first kappa shape index (κ1) is 29.0. The second-order valence-electron chi connectivity index (χ2n) is 9.23. The molecule has 6 nitrogen and oxygen atoms in total. The number of carboxylic acid groups (broad SMARTS) is 2. The molecule has 3 atom stereocenters. The van der Waals surface area contributed by atoms with Gasteiger partial charge in [-0.15, -0.1) is 0 Å². The summed E-state index contributed by atoms with van der Waals surface area (Å²) < 4.78 is 0. The molecule has 33 heavy (non-hydrogen) atoms. The molecule has 0 aromatic heterocycles. The normalized spacial score (nSPS) is 20.1. The van der Waals surface area contributed by atoms with Crippen molar-refractivity contribution in [1.82, 2.24) is 5.32 Å². The van der Waals surface area contributed by atoms with Gasteiger partial charge in [-0.05, 0) is 66.2 Å². The number of carboxylic acids is 2. The number of thioether (sulfide) groups is 1. The molecule has 0 aromatic rings. The summed E-state index contributed by atoms with van der Waals surface area (Å²) in [6.45, 7) is 8.48. The Morgan fingerprint density at radius 3 is 2.06 bits per heavy atom. The second-order valence-corrected chi connectivity index (χ2v) is 10.3. The first-order valence-corrected chi connectivity index (χ1v) is 13.1. The quantitative estimate of drug-likeness (QED) is 0.221. The van der Waals surface area contributed by atoms with Crippen molar-refractivity contribution in [3.05, 3.63) is 34.9 Å². The van der Waals surface area contributed by atoms with E-state index in [0.717, 1.165) is 38.5 Å². The Kier molecular flexibility index (Phi) is 13.8. The molecular weight excluding hydrogens is 438 g/mol. The third kappa shape index (κ3) is 12.1. The fourth-order valence-electron chi connectivity index (χ4n) is 3.92. The molecule has 1 fully saturated rings. The van der Waals surface area contributed by atoms with Gasteiger partial charge in [-0.25, -0.2) is 4.79 Å². The summed E-state index contributed by atoms with van der Waals surface area (Å²) in [6, 6.07) is -1.01. The summed E-state index contributed by atoms with van der Waals surface area (Å²) in [5, 5.41) is 21.4. The van der Waals surface area contributed by atoms with Crippen LogP contribution < -0.4 is 5.32 Å². The van der Waals surface area contributed by atoms with Gasteiger partial charge in [0, 0.05) is 11.5 Å². The number of amides is 1. The van der Waals surface area contributed by atoms with Crippen molar-refractivity contribution >= 4 is 29.6 Å². The minimum absolute atomic E-state index is 0.249. The Morgan fingerprint density at radius 1 is 0.909 bits per heavy atom. The van der Waals surface area contributed by atoms with Crippen LogP contribution in [-0.4, -0.2) is 45.6 Å². The number of carbonyl (C=O) groups excluding carboxylic acids is 1. The van der Waals surface area contributed by atoms with Gasteiger partial charge in [0.05, 0.1) is 11.8 Å². The molecule has 0 unspecified atom stereocenters. The molecule has 0 heterocycles. The average Bonchev–Trinajstić information content (AvgIpc) is 2.75. The zero-order chi connectivity index (χ0) is 24.8. The van der Waals surface area contributed by atoms with Crippen molar-refractivity contribution in [2.24, 2.45) is 11.8 Å². The summed E-state index contributed by atoms with van der Waals surface area (Å²) in [4.78, 5) is 35.6. The Morgan fingerprint density at radius 2 is 1.48 bits per heavy atom. The molecule has 0 radical (unpaired) electrons. The predicted octanol–water partition coefficient (Wildman–Crippen LogP) is 5.60. The maximum atomic E-state index is 12.6. The number of aliphatic carboxylic acids is 2. The van der Waals surface area contributed by atoms with Crippen LogP contribution in [0, 0.1) is 11.8 Å². The van der Waals surface area contributed by atoms with Crippen molar-refractivity contribution in [2.45, 2.75) is 85.1 Å². The van der Waals surface area contributed by atoms with E-state index in [-0.39, 0.29) is 5.75 Å². The third-order valence-corrected chi connectivity index (χ3v) is 6.96. The highest BCUT2D eigenvalue weighted by atomic mass is 32.2. The van der Waals surface area contributed by atoms with Gasteiger partial charge in [-0.2, -0.15) is 11.8 Å². The zero-order valence-corrected chi connectivity index (χ0v) is 21.4. The largest absolute Gasteiger partial charge is 0.481 e. The SMILES string of the molecule is CC(C)=CCCC(C)=CCCC(C)=CCSC[C@H](NC(=O)[C@@H]1CCCC[C@@H]1C(=O)O)C(=O)O. The predicted molar refractivity (Wildman–Crippen MR) is 135 cm³/mol. The van der Waals surface area contributed by atoms with Crippen LogP contribution in [0.2, 0.25) is 0 Å². The number of rotatable bonds is 14. The van der Waals surface area contributed by atoms with Gasteiger partial charge in [0.1, 0.15) is 6.04 Å². The lowest BCUT2D eigenvalue weighted by Crippen LogP contribution is -2.48. The molecule has 1 aliphatic rings. The van der Waals surface area contributed by atoms with Crippen molar-refractivity contribution in [3.8, 4) is 0 Å². The van der Waals surface area contributed by atoms with Gasteiger partial charge in [0.15, 0.2) is 0 Å². The third-order valence-electron chi connectivity index (χ3n) is 5.99. The van der Waals surface area contributed by atoms with Crippen molar-refractivity contribution < 1.29 is 24.6 Å². The molecule has 0 bridgehead atoms. The van der Waals surface area contributed by atoms with E-state index in [4.69, 9.17) is 0 Å². The van der Waals surface area contributed by atoms with Crippen molar-refractivity contribution in [2.75, 3.05) is 11.5 Å². The summed E-state index contributed by atoms with van der Waals surface area (Å²) in [7, 11) is 0. The number of carbonyl (C=O) groups is 3. The molecule has 186 valence electrons. The second kappa shape index (κ2) is 15.8. The van der Waals surface area contributed by atoms with Crippen LogP contribution in [0.25, 0.3) is 0 Å². The van der Waals surface area contributed by atoms with Crippen LogP contribution >= 0.6 is 11.8 Å². The Hall–Kier alpha value is -2.02. The number of hydrogen-bond donors (Lipinski definition) is 3. The van der Waals surface area contributed by atoms with Crippen LogP contribution in [0.15, 0.2) is 34.9 Å². The molecule has 1 rings (SSSR count). The minimum Gasteiger partial charge on any atom is -0.481 e. The van der Waals surface area contributed by atoms with Crippen LogP contribution in [0.1, 0.15) is 79.1 Å². The Bertz CT molecular complexity index is 752. The van der Waals surface area contributed by atoms with Gasteiger partial charge in [0.2, 0.25) is 5.91 Å². The first-order valence-electron chi connectivity index (χ1n) is 11.9. The topological polar surface area (TPSA) is 104 Å². The highest BCUT2D eigenvalue weighted by Crippen LogP contribution is 2.30. The first-order chi connectivity index (χ1) is 15.6. The molecule has 1 aliphatic carbocycles. The van der Waals surface area contributed by atoms with E-state index in [1.165, 1.54) is 28.5 Å². The van der Waals surface area contributed by atoms with Crippen molar-refractivity contribution in [1.29, 1.82) is 0 Å². The molecule has 1 saturated carbocycles. The molecule has 1 amide bonds. The molecule has 3 N–H and O–H groups in total. The summed E-state index contributed by atoms with van der Waals surface area (Å²) in [5.74, 6) is -2.97. The van der Waals surface area contributed by atoms with E-state index < -0.39 is 35.7 Å². The number of hydrogen-bond acceptors (Lipinski definition) is 4. The van der Waals surface area contributed by atoms with Gasteiger partial charge in [0.25, 0.3) is 0 Å². The Labute approximate surface area is 203 Å². The smallest absolute Gasteiger partial charge is 0.327 e. The highest BCUT2D eigenvalue weighted by molar-refractivity contribution is 7.99. The van der Waals surface area contributed by atoms with E-state index >= 15 is 0 Å². The Balaban J connectivity index is 2.43. The monoisotopic (exact) mass is 479 g/mol. The van der Waals surface area contributed by atoms with Crippen molar-refractivity contribution in [3.63, 3.8) is 0 Å². The average molecular weight is 480 g/mol. The van der Waals surface area contributed by atoms with E-state index in [2.05, 4.69) is 51.2 Å². The fraction of sp³-hybridized carbons (Fsp3) is 0.654. The number of allylic oxidation sites excluding steroid dienone is 5. The van der Waals surface area contributed by atoms with Gasteiger partial charge in [-0.3, -0.25) is 9.59 Å². The van der Waals surface area contributed by atoms with E-state index in [9.17, 15) is 24.6 Å². The lowest BCUT2D eigenvalue weighted by molar-refractivity contribution is -0.149. The highest BCUT2D eigenvalue weighted by Gasteiger charge is 2.37. The molecule has 0 saturated heterocycles. The van der Waals surface area contributed by atoms with E-state index in [1.54, 1.807) is 0 Å². The van der Waals surface area contributed by atoms with Gasteiger partial charge < -0.3 is 15.5 Å². The maximum absolute atomic E-state index is 12.6. The van der Waals surface area contributed by atoms with Gasteiger partial charge >= 0.3 is 11.9 Å². The minimum atomic E-state index is -1.09. The van der Waals surface area contributed by atoms with Crippen LogP contribution in [0.4, 0.5) is 0 Å². The lowest BCUT2D eigenvalue weighted by atomic mass is 9.78. The lowest BCUT2D eigenvalue weighted by Gasteiger charge is -2.28. The summed E-state index contributed by atoms with van der Waals surface area (Å²) >= 11 is 1.46. The molecular formula is C26H41NO5S. The number of nitrogens with one attached hydrogen (secondary N) is 1. The zero-order valence-electron chi connectivity index (χ0n) is 20.6. The van der Waals surface area contributed by atoms with Crippen LogP contribution in [0.3, 0.4) is 0 Å². The molecule has 0 aliphatic heterocycles. The van der Waals surface area contributed by atoms with Gasteiger partial charge in [-0.1, -0.05) is 47.8 Å². The molecule has 7 heteroatoms. The molecule has 0 spiro atoms. The fourth-order valence-corrected chi connectivity index (χ4v) is 4.92.